The molecular formula is C22H30N6O4. The molecule has 10 heteroatoms. The highest BCUT2D eigenvalue weighted by atomic mass is 16.2. The van der Waals surface area contributed by atoms with Gasteiger partial charge in [0.15, 0.2) is 5.65 Å². The van der Waals surface area contributed by atoms with Gasteiger partial charge in [0.1, 0.15) is 11.9 Å². The van der Waals surface area contributed by atoms with Gasteiger partial charge in [-0.1, -0.05) is 12.8 Å². The van der Waals surface area contributed by atoms with Gasteiger partial charge in [-0.2, -0.15) is 0 Å². The molecule has 2 saturated heterocycles. The van der Waals surface area contributed by atoms with E-state index >= 15 is 0 Å². The SMILES string of the molecule is CC(=O)N1CCN(c2ccnc3c2c(=O)n(CC(=O)N2CCCCCC2)c(=O)n3C)CC1. The van der Waals surface area contributed by atoms with Crippen molar-refractivity contribution in [1.29, 1.82) is 0 Å². The topological polar surface area (TPSA) is 101 Å². The smallest absolute Gasteiger partial charge is 0.332 e. The van der Waals surface area contributed by atoms with E-state index in [4.69, 9.17) is 0 Å². The number of likely N-dealkylation sites (tertiary alicyclic amines) is 1. The van der Waals surface area contributed by atoms with Crippen molar-refractivity contribution in [3.8, 4) is 0 Å². The molecule has 0 bridgehead atoms. The molecule has 172 valence electrons. The van der Waals surface area contributed by atoms with E-state index in [-0.39, 0.29) is 18.4 Å². The minimum absolute atomic E-state index is 0.0287. The molecule has 10 nitrogen and oxygen atoms in total. The Kier molecular flexibility index (Phi) is 6.29. The summed E-state index contributed by atoms with van der Waals surface area (Å²) in [5, 5.41) is 0.328. The highest BCUT2D eigenvalue weighted by Crippen LogP contribution is 2.23. The number of piperazine rings is 1. The number of carbonyl (C=O) groups is 2. The van der Waals surface area contributed by atoms with E-state index in [0.717, 1.165) is 30.3 Å². The van der Waals surface area contributed by atoms with Crippen LogP contribution in [0.4, 0.5) is 5.69 Å². The molecule has 32 heavy (non-hydrogen) atoms. The van der Waals surface area contributed by atoms with Gasteiger partial charge >= 0.3 is 5.69 Å². The third-order valence-corrected chi connectivity index (χ3v) is 6.52. The summed E-state index contributed by atoms with van der Waals surface area (Å²) < 4.78 is 2.37. The molecule has 2 amide bonds. The molecule has 0 saturated carbocycles. The minimum Gasteiger partial charge on any atom is -0.367 e. The van der Waals surface area contributed by atoms with Crippen molar-refractivity contribution < 1.29 is 9.59 Å². The number of pyridine rings is 1. The van der Waals surface area contributed by atoms with E-state index in [9.17, 15) is 19.2 Å². The number of rotatable bonds is 3. The summed E-state index contributed by atoms with van der Waals surface area (Å²) in [6.45, 7) is 4.88. The van der Waals surface area contributed by atoms with E-state index in [0.29, 0.717) is 56.0 Å². The molecule has 0 atom stereocenters. The number of amides is 2. The lowest BCUT2D eigenvalue weighted by Crippen LogP contribution is -2.49. The molecule has 0 radical (unpaired) electrons. The Bertz CT molecular complexity index is 1140. The lowest BCUT2D eigenvalue weighted by molar-refractivity contribution is -0.132. The number of anilines is 1. The quantitative estimate of drug-likeness (QED) is 0.672. The van der Waals surface area contributed by atoms with Crippen molar-refractivity contribution in [2.45, 2.75) is 39.2 Å². The molecule has 0 aromatic carbocycles. The largest absolute Gasteiger partial charge is 0.367 e. The van der Waals surface area contributed by atoms with Gasteiger partial charge in [-0.05, 0) is 18.9 Å². The third kappa shape index (κ3) is 4.13. The van der Waals surface area contributed by atoms with Crippen molar-refractivity contribution in [3.05, 3.63) is 33.1 Å². The molecule has 0 N–H and O–H groups in total. The number of carbonyl (C=O) groups excluding carboxylic acids is 2. The Morgan fingerprint density at radius 1 is 0.938 bits per heavy atom. The number of aryl methyl sites for hydroxylation is 1. The van der Waals surface area contributed by atoms with Crippen molar-refractivity contribution in [1.82, 2.24) is 23.9 Å². The van der Waals surface area contributed by atoms with E-state index in [1.165, 1.54) is 4.57 Å². The van der Waals surface area contributed by atoms with Gasteiger partial charge in [0.05, 0.1) is 5.69 Å². The van der Waals surface area contributed by atoms with Gasteiger partial charge in [-0.25, -0.2) is 9.78 Å². The zero-order valence-electron chi connectivity index (χ0n) is 18.7. The minimum atomic E-state index is -0.545. The van der Waals surface area contributed by atoms with E-state index in [1.807, 2.05) is 4.90 Å². The average Bonchev–Trinajstić information content (AvgIpc) is 3.09. The lowest BCUT2D eigenvalue weighted by Gasteiger charge is -2.36. The van der Waals surface area contributed by atoms with E-state index in [1.54, 1.807) is 36.0 Å². The molecule has 0 spiro atoms. The summed E-state index contributed by atoms with van der Waals surface area (Å²) in [6, 6.07) is 1.76. The maximum Gasteiger partial charge on any atom is 0.332 e. The number of hydrogen-bond donors (Lipinski definition) is 0. The molecule has 2 fully saturated rings. The molecule has 2 aliphatic heterocycles. The van der Waals surface area contributed by atoms with Gasteiger partial charge in [0.2, 0.25) is 11.8 Å². The summed E-state index contributed by atoms with van der Waals surface area (Å²) >= 11 is 0. The van der Waals surface area contributed by atoms with Crippen LogP contribution in [0, 0.1) is 0 Å². The van der Waals surface area contributed by atoms with Gasteiger partial charge in [0.25, 0.3) is 5.56 Å². The van der Waals surface area contributed by atoms with Crippen LogP contribution in [0.5, 0.6) is 0 Å². The molecule has 0 aliphatic carbocycles. The van der Waals surface area contributed by atoms with Crippen LogP contribution in [-0.2, 0) is 23.2 Å². The normalized spacial score (nSPS) is 17.5. The van der Waals surface area contributed by atoms with Gasteiger partial charge in [-0.15, -0.1) is 0 Å². The molecule has 2 aliphatic rings. The number of hydrogen-bond acceptors (Lipinski definition) is 6. The number of fused-ring (bicyclic) bond motifs is 1. The fourth-order valence-electron chi connectivity index (χ4n) is 4.61. The second-order valence-electron chi connectivity index (χ2n) is 8.55. The summed E-state index contributed by atoms with van der Waals surface area (Å²) in [6.07, 6.45) is 5.65. The second-order valence-corrected chi connectivity index (χ2v) is 8.55. The first-order valence-electron chi connectivity index (χ1n) is 11.2. The van der Waals surface area contributed by atoms with Gasteiger partial charge in [-0.3, -0.25) is 23.5 Å². The Balaban J connectivity index is 1.71. The summed E-state index contributed by atoms with van der Waals surface area (Å²) in [5.41, 5.74) is -0.0696. The van der Waals surface area contributed by atoms with Gasteiger partial charge < -0.3 is 14.7 Å². The van der Waals surface area contributed by atoms with Crippen LogP contribution in [-0.4, -0.2) is 75.0 Å². The maximum atomic E-state index is 13.5. The predicted molar refractivity (Wildman–Crippen MR) is 121 cm³/mol. The molecule has 4 heterocycles. The molecular weight excluding hydrogens is 412 g/mol. The first-order valence-corrected chi connectivity index (χ1v) is 11.2. The first-order chi connectivity index (χ1) is 15.4. The maximum absolute atomic E-state index is 13.5. The van der Waals surface area contributed by atoms with Crippen LogP contribution >= 0.6 is 0 Å². The fourth-order valence-corrected chi connectivity index (χ4v) is 4.61. The zero-order chi connectivity index (χ0) is 22.8. The highest BCUT2D eigenvalue weighted by Gasteiger charge is 2.25. The summed E-state index contributed by atoms with van der Waals surface area (Å²) in [7, 11) is 1.57. The van der Waals surface area contributed by atoms with E-state index < -0.39 is 11.2 Å². The first kappa shape index (κ1) is 22.0. The summed E-state index contributed by atoms with van der Waals surface area (Å²) in [4.78, 5) is 60.9. The average molecular weight is 443 g/mol. The third-order valence-electron chi connectivity index (χ3n) is 6.52. The standard InChI is InChI=1S/C22H30N6O4/c1-16(29)25-11-13-26(14-12-25)17-7-8-23-20-19(17)21(31)28(22(32)24(20)2)15-18(30)27-9-5-3-4-6-10-27/h7-8H,3-6,9-15H2,1-2H3. The van der Waals surface area contributed by atoms with Crippen LogP contribution in [0.15, 0.2) is 21.9 Å². The monoisotopic (exact) mass is 442 g/mol. The van der Waals surface area contributed by atoms with Crippen LogP contribution in [0.1, 0.15) is 32.6 Å². The Hall–Kier alpha value is -3.17. The lowest BCUT2D eigenvalue weighted by atomic mass is 10.2. The van der Waals surface area contributed by atoms with Crippen molar-refractivity contribution >= 4 is 28.5 Å². The van der Waals surface area contributed by atoms with Crippen LogP contribution < -0.4 is 16.1 Å². The van der Waals surface area contributed by atoms with Crippen molar-refractivity contribution in [3.63, 3.8) is 0 Å². The van der Waals surface area contributed by atoms with Crippen molar-refractivity contribution in [2.75, 3.05) is 44.2 Å². The van der Waals surface area contributed by atoms with Gasteiger partial charge in [0, 0.05) is 59.4 Å². The molecule has 0 unspecified atom stereocenters. The highest BCUT2D eigenvalue weighted by molar-refractivity contribution is 5.89. The number of nitrogens with zero attached hydrogens (tertiary/aromatic N) is 6. The molecule has 2 aromatic rings. The number of aromatic nitrogens is 3. The van der Waals surface area contributed by atoms with E-state index in [2.05, 4.69) is 4.98 Å². The Morgan fingerprint density at radius 3 is 2.22 bits per heavy atom. The summed E-state index contributed by atoms with van der Waals surface area (Å²) in [5.74, 6) is -0.174. The molecule has 4 rings (SSSR count). The predicted octanol–water partition coefficient (Wildman–Crippen LogP) is 0.166. The molecule has 2 aromatic heterocycles. The Morgan fingerprint density at radius 2 is 1.59 bits per heavy atom. The van der Waals surface area contributed by atoms with Crippen molar-refractivity contribution in [2.24, 2.45) is 7.05 Å². The van der Waals surface area contributed by atoms with Crippen LogP contribution in [0.3, 0.4) is 0 Å². The Labute approximate surface area is 186 Å². The fraction of sp³-hybridized carbons (Fsp3) is 0.591. The second kappa shape index (κ2) is 9.13. The zero-order valence-corrected chi connectivity index (χ0v) is 18.7. The van der Waals surface area contributed by atoms with Crippen LogP contribution in [0.25, 0.3) is 11.0 Å². The van der Waals surface area contributed by atoms with Crippen LogP contribution in [0.2, 0.25) is 0 Å².